The maximum atomic E-state index is 4.37. The minimum Gasteiger partial charge on any atom is -0.332 e. The van der Waals surface area contributed by atoms with Crippen LogP contribution in [-0.2, 0) is 5.33 Å². The van der Waals surface area contributed by atoms with Gasteiger partial charge in [0.15, 0.2) is 4.73 Å². The Morgan fingerprint density at radius 3 is 2.92 bits per heavy atom. The molecule has 1 aromatic heterocycles. The molecular formula is C8H5Br2IN2. The first kappa shape index (κ1) is 9.92. The standard InChI is InChI=1S/C8H5Br2IN2/c9-3-4-1-2-5(11)7-6(4)12-8(10)13-7/h1-2H,3H2,(H,12,13). The van der Waals surface area contributed by atoms with Gasteiger partial charge in [0, 0.05) is 8.90 Å². The summed E-state index contributed by atoms with van der Waals surface area (Å²) in [6.45, 7) is 0. The van der Waals surface area contributed by atoms with Crippen molar-refractivity contribution in [1.82, 2.24) is 9.97 Å². The number of imidazole rings is 1. The maximum absolute atomic E-state index is 4.37. The average molecular weight is 416 g/mol. The van der Waals surface area contributed by atoms with Crippen LogP contribution in [0.15, 0.2) is 16.9 Å². The van der Waals surface area contributed by atoms with Gasteiger partial charge in [-0.3, -0.25) is 0 Å². The first-order chi connectivity index (χ1) is 6.22. The number of nitrogens with zero attached hydrogens (tertiary/aromatic N) is 1. The third kappa shape index (κ3) is 1.78. The van der Waals surface area contributed by atoms with E-state index in [1.54, 1.807) is 0 Å². The van der Waals surface area contributed by atoms with E-state index in [4.69, 9.17) is 0 Å². The number of hydrogen-bond donors (Lipinski definition) is 1. The Kier molecular flexibility index (Phi) is 2.94. The van der Waals surface area contributed by atoms with Crippen LogP contribution in [0.25, 0.3) is 11.0 Å². The topological polar surface area (TPSA) is 28.7 Å². The average Bonchev–Trinajstić information content (AvgIpc) is 2.48. The van der Waals surface area contributed by atoms with Crippen LogP contribution in [-0.4, -0.2) is 9.97 Å². The summed E-state index contributed by atoms with van der Waals surface area (Å²) >= 11 is 9.07. The molecule has 0 unspecified atom stereocenters. The predicted molar refractivity (Wildman–Crippen MR) is 69.1 cm³/mol. The maximum Gasteiger partial charge on any atom is 0.175 e. The smallest absolute Gasteiger partial charge is 0.175 e. The normalized spacial score (nSPS) is 11.0. The fraction of sp³-hybridized carbons (Fsp3) is 0.125. The number of rotatable bonds is 1. The monoisotopic (exact) mass is 414 g/mol. The zero-order chi connectivity index (χ0) is 9.42. The molecule has 0 saturated carbocycles. The highest BCUT2D eigenvalue weighted by atomic mass is 127. The third-order valence-electron chi connectivity index (χ3n) is 1.79. The second-order valence-corrected chi connectivity index (χ2v) is 5.07. The zero-order valence-corrected chi connectivity index (χ0v) is 11.8. The van der Waals surface area contributed by atoms with Gasteiger partial charge in [0.05, 0.1) is 11.0 Å². The Bertz CT molecular complexity index is 453. The lowest BCUT2D eigenvalue weighted by molar-refractivity contribution is 1.26. The van der Waals surface area contributed by atoms with Crippen LogP contribution < -0.4 is 0 Å². The molecule has 5 heteroatoms. The van der Waals surface area contributed by atoms with Gasteiger partial charge < -0.3 is 4.98 Å². The van der Waals surface area contributed by atoms with Crippen molar-refractivity contribution in [2.45, 2.75) is 5.33 Å². The van der Waals surface area contributed by atoms with Crippen molar-refractivity contribution >= 4 is 65.5 Å². The molecule has 0 bridgehead atoms. The molecule has 0 spiro atoms. The molecule has 13 heavy (non-hydrogen) atoms. The number of fused-ring (bicyclic) bond motifs is 1. The van der Waals surface area contributed by atoms with Gasteiger partial charge in [-0.2, -0.15) is 0 Å². The quantitative estimate of drug-likeness (QED) is 0.556. The van der Waals surface area contributed by atoms with Gasteiger partial charge in [-0.15, -0.1) is 0 Å². The minimum atomic E-state index is 0.786. The minimum absolute atomic E-state index is 0.786. The van der Waals surface area contributed by atoms with E-state index in [0.29, 0.717) is 0 Å². The second kappa shape index (κ2) is 3.86. The molecule has 0 amide bonds. The Morgan fingerprint density at radius 1 is 1.46 bits per heavy atom. The molecule has 2 aromatic rings. The van der Waals surface area contributed by atoms with E-state index in [9.17, 15) is 0 Å². The molecule has 0 atom stereocenters. The van der Waals surface area contributed by atoms with Crippen molar-refractivity contribution in [3.8, 4) is 0 Å². The van der Waals surface area contributed by atoms with Crippen LogP contribution in [0.1, 0.15) is 5.56 Å². The van der Waals surface area contributed by atoms with Crippen molar-refractivity contribution in [3.63, 3.8) is 0 Å². The van der Waals surface area contributed by atoms with Crippen LogP contribution >= 0.6 is 54.5 Å². The molecule has 0 saturated heterocycles. The Morgan fingerprint density at radius 2 is 2.23 bits per heavy atom. The fourth-order valence-corrected chi connectivity index (χ4v) is 2.59. The summed E-state index contributed by atoms with van der Waals surface area (Å²) in [7, 11) is 0. The molecule has 0 aliphatic heterocycles. The van der Waals surface area contributed by atoms with E-state index in [0.717, 1.165) is 21.1 Å². The van der Waals surface area contributed by atoms with Gasteiger partial charge >= 0.3 is 0 Å². The lowest BCUT2D eigenvalue weighted by atomic mass is 10.2. The molecule has 1 heterocycles. The molecule has 0 aliphatic carbocycles. The van der Waals surface area contributed by atoms with Crippen molar-refractivity contribution < 1.29 is 0 Å². The Balaban J connectivity index is 2.83. The Hall–Kier alpha value is 0.380. The lowest BCUT2D eigenvalue weighted by Crippen LogP contribution is -1.83. The van der Waals surface area contributed by atoms with Crippen LogP contribution in [0.3, 0.4) is 0 Å². The SMILES string of the molecule is BrCc1ccc(I)c2[nH]c(Br)nc12. The van der Waals surface area contributed by atoms with E-state index < -0.39 is 0 Å². The molecule has 2 rings (SSSR count). The molecule has 1 N–H and O–H groups in total. The number of hydrogen-bond acceptors (Lipinski definition) is 1. The van der Waals surface area contributed by atoms with Crippen molar-refractivity contribution in [2.75, 3.05) is 0 Å². The van der Waals surface area contributed by atoms with Crippen molar-refractivity contribution in [1.29, 1.82) is 0 Å². The first-order valence-electron chi connectivity index (χ1n) is 3.61. The molecule has 2 nitrogen and oxygen atoms in total. The van der Waals surface area contributed by atoms with Gasteiger partial charge in [0.25, 0.3) is 0 Å². The molecular weight excluding hydrogens is 411 g/mol. The number of aromatic amines is 1. The number of nitrogens with one attached hydrogen (secondary N) is 1. The summed E-state index contributed by atoms with van der Waals surface area (Å²) < 4.78 is 1.98. The third-order valence-corrected chi connectivity index (χ3v) is 3.67. The second-order valence-electron chi connectivity index (χ2n) is 2.59. The lowest BCUT2D eigenvalue weighted by Gasteiger charge is -1.97. The summed E-state index contributed by atoms with van der Waals surface area (Å²) in [6, 6.07) is 4.18. The number of halogens is 3. The molecule has 0 radical (unpaired) electrons. The van der Waals surface area contributed by atoms with Gasteiger partial charge in [0.2, 0.25) is 0 Å². The van der Waals surface area contributed by atoms with Crippen molar-refractivity contribution in [3.05, 3.63) is 26.0 Å². The largest absolute Gasteiger partial charge is 0.332 e. The van der Waals surface area contributed by atoms with Gasteiger partial charge in [-0.25, -0.2) is 4.98 Å². The van der Waals surface area contributed by atoms with Crippen molar-refractivity contribution in [2.24, 2.45) is 0 Å². The van der Waals surface area contributed by atoms with E-state index >= 15 is 0 Å². The molecule has 0 fully saturated rings. The summed E-state index contributed by atoms with van der Waals surface area (Å²) in [4.78, 5) is 7.55. The van der Waals surface area contributed by atoms with Gasteiger partial charge in [-0.05, 0) is 50.2 Å². The van der Waals surface area contributed by atoms with E-state index in [2.05, 4.69) is 76.6 Å². The zero-order valence-electron chi connectivity index (χ0n) is 6.44. The van der Waals surface area contributed by atoms with Gasteiger partial charge in [-0.1, -0.05) is 22.0 Å². The number of aromatic nitrogens is 2. The van der Waals surface area contributed by atoms with Crippen LogP contribution in [0.4, 0.5) is 0 Å². The van der Waals surface area contributed by atoms with Crippen LogP contribution in [0.5, 0.6) is 0 Å². The summed E-state index contributed by atoms with van der Waals surface area (Å²) in [6.07, 6.45) is 0. The molecule has 68 valence electrons. The van der Waals surface area contributed by atoms with Crippen LogP contribution in [0.2, 0.25) is 0 Å². The summed E-state index contributed by atoms with van der Waals surface area (Å²) in [5.41, 5.74) is 3.34. The van der Waals surface area contributed by atoms with Gasteiger partial charge in [0.1, 0.15) is 0 Å². The van der Waals surface area contributed by atoms with E-state index in [1.807, 2.05) is 0 Å². The molecule has 1 aromatic carbocycles. The first-order valence-corrected chi connectivity index (χ1v) is 6.60. The number of benzene rings is 1. The predicted octanol–water partition coefficient (Wildman–Crippen LogP) is 3.82. The highest BCUT2D eigenvalue weighted by Gasteiger charge is 2.07. The van der Waals surface area contributed by atoms with E-state index in [1.165, 1.54) is 9.13 Å². The fourth-order valence-electron chi connectivity index (χ4n) is 1.19. The van der Waals surface area contributed by atoms with Crippen LogP contribution in [0, 0.1) is 3.57 Å². The summed E-state index contributed by atoms with van der Waals surface area (Å²) in [5.74, 6) is 0. The summed E-state index contributed by atoms with van der Waals surface area (Å²) in [5, 5.41) is 0.831. The number of alkyl halides is 1. The highest BCUT2D eigenvalue weighted by Crippen LogP contribution is 2.25. The Labute approximate surface area is 106 Å². The highest BCUT2D eigenvalue weighted by molar-refractivity contribution is 14.1. The van der Waals surface area contributed by atoms with E-state index in [-0.39, 0.29) is 0 Å². The molecule has 0 aliphatic rings. The number of H-pyrrole nitrogens is 1.